The summed E-state index contributed by atoms with van der Waals surface area (Å²) in [4.78, 5) is 14.4. The van der Waals surface area contributed by atoms with Crippen LogP contribution in [0.3, 0.4) is 0 Å². The van der Waals surface area contributed by atoms with E-state index in [2.05, 4.69) is 15.9 Å². The highest BCUT2D eigenvalue weighted by Crippen LogP contribution is 2.25. The normalized spacial score (nSPS) is 19.5. The van der Waals surface area contributed by atoms with E-state index in [0.717, 1.165) is 30.3 Å². The Balaban J connectivity index is 2.21. The molecule has 0 spiro atoms. The van der Waals surface area contributed by atoms with E-state index in [1.165, 1.54) is 0 Å². The second-order valence-electron chi connectivity index (χ2n) is 4.89. The summed E-state index contributed by atoms with van der Waals surface area (Å²) < 4.78 is 0.868. The summed E-state index contributed by atoms with van der Waals surface area (Å²) in [5, 5.41) is 9.11. The van der Waals surface area contributed by atoms with Gasteiger partial charge in [0.2, 0.25) is 0 Å². The smallest absolute Gasteiger partial charge is 0.256 e. The van der Waals surface area contributed by atoms with Crippen molar-refractivity contribution in [2.45, 2.75) is 31.7 Å². The Morgan fingerprint density at radius 3 is 2.95 bits per heavy atom. The van der Waals surface area contributed by atoms with Gasteiger partial charge in [-0.15, -0.1) is 0 Å². The third kappa shape index (κ3) is 3.28. The second-order valence-corrected chi connectivity index (χ2v) is 5.81. The molecule has 0 radical (unpaired) electrons. The van der Waals surface area contributed by atoms with E-state index in [1.54, 1.807) is 12.1 Å². The fourth-order valence-corrected chi connectivity index (χ4v) is 2.98. The lowest BCUT2D eigenvalue weighted by Crippen LogP contribution is -2.44. The molecule has 1 saturated heterocycles. The Hall–Kier alpha value is -1.07. The summed E-state index contributed by atoms with van der Waals surface area (Å²) in [5.41, 5.74) is 6.96. The zero-order chi connectivity index (χ0) is 13.8. The van der Waals surface area contributed by atoms with Gasteiger partial charge in [0, 0.05) is 29.4 Å². The molecule has 2 rings (SSSR count). The number of amides is 1. The van der Waals surface area contributed by atoms with Crippen molar-refractivity contribution >= 4 is 27.5 Å². The van der Waals surface area contributed by atoms with E-state index in [0.29, 0.717) is 17.7 Å². The van der Waals surface area contributed by atoms with Crippen LogP contribution in [0.4, 0.5) is 5.69 Å². The summed E-state index contributed by atoms with van der Waals surface area (Å²) in [5.74, 6) is -0.0249. The molecule has 4 nitrogen and oxygen atoms in total. The topological polar surface area (TPSA) is 66.6 Å². The molecule has 104 valence electrons. The van der Waals surface area contributed by atoms with Gasteiger partial charge in [-0.3, -0.25) is 4.79 Å². The minimum absolute atomic E-state index is 0.0249. The van der Waals surface area contributed by atoms with E-state index in [4.69, 9.17) is 10.8 Å². The van der Waals surface area contributed by atoms with Crippen molar-refractivity contribution in [3.63, 3.8) is 0 Å². The van der Waals surface area contributed by atoms with Crippen LogP contribution in [0.5, 0.6) is 0 Å². The number of benzene rings is 1. The minimum atomic E-state index is -0.0249. The van der Waals surface area contributed by atoms with Gasteiger partial charge in [-0.25, -0.2) is 0 Å². The maximum atomic E-state index is 12.6. The van der Waals surface area contributed by atoms with Crippen LogP contribution in [0.1, 0.15) is 36.0 Å². The Bertz CT molecular complexity index is 463. The van der Waals surface area contributed by atoms with Crippen molar-refractivity contribution < 1.29 is 9.90 Å². The lowest BCUT2D eigenvalue weighted by Gasteiger charge is -2.35. The molecule has 1 atom stereocenters. The first-order chi connectivity index (χ1) is 9.13. The van der Waals surface area contributed by atoms with Gasteiger partial charge in [0.25, 0.3) is 5.91 Å². The van der Waals surface area contributed by atoms with Crippen LogP contribution in [0.25, 0.3) is 0 Å². The quantitative estimate of drug-likeness (QED) is 0.838. The first-order valence-corrected chi connectivity index (χ1v) is 7.39. The Kier molecular flexibility index (Phi) is 4.82. The number of anilines is 1. The Morgan fingerprint density at radius 1 is 1.47 bits per heavy atom. The maximum Gasteiger partial charge on any atom is 0.256 e. The molecule has 0 saturated carbocycles. The fourth-order valence-electron chi connectivity index (χ4n) is 2.60. The Labute approximate surface area is 121 Å². The van der Waals surface area contributed by atoms with E-state index < -0.39 is 0 Å². The average Bonchev–Trinajstić information content (AvgIpc) is 2.39. The number of likely N-dealkylation sites (tertiary alicyclic amines) is 1. The van der Waals surface area contributed by atoms with Crippen LogP contribution >= 0.6 is 15.9 Å². The third-order valence-electron chi connectivity index (χ3n) is 3.59. The number of hydrogen-bond donors (Lipinski definition) is 2. The summed E-state index contributed by atoms with van der Waals surface area (Å²) in [7, 11) is 0. The molecule has 0 aliphatic carbocycles. The van der Waals surface area contributed by atoms with Crippen LogP contribution in [-0.4, -0.2) is 35.1 Å². The average molecular weight is 327 g/mol. The minimum Gasteiger partial charge on any atom is -0.398 e. The zero-order valence-corrected chi connectivity index (χ0v) is 12.4. The molecule has 0 aromatic heterocycles. The molecule has 1 aliphatic heterocycles. The highest BCUT2D eigenvalue weighted by Gasteiger charge is 2.27. The van der Waals surface area contributed by atoms with Crippen molar-refractivity contribution in [3.8, 4) is 0 Å². The number of nitrogens with two attached hydrogens (primary N) is 1. The van der Waals surface area contributed by atoms with Crippen LogP contribution < -0.4 is 5.73 Å². The molecule has 1 heterocycles. The van der Waals surface area contributed by atoms with Gasteiger partial charge in [-0.05, 0) is 43.9 Å². The number of aliphatic hydroxyl groups is 1. The first kappa shape index (κ1) is 14.3. The van der Waals surface area contributed by atoms with Crippen molar-refractivity contribution in [2.75, 3.05) is 18.9 Å². The molecule has 1 aromatic carbocycles. The van der Waals surface area contributed by atoms with Gasteiger partial charge in [0.05, 0.1) is 5.56 Å². The maximum absolute atomic E-state index is 12.6. The molecule has 3 N–H and O–H groups in total. The van der Waals surface area contributed by atoms with Crippen LogP contribution in [0.15, 0.2) is 22.7 Å². The molecule has 5 heteroatoms. The number of halogens is 1. The van der Waals surface area contributed by atoms with Gasteiger partial charge in [0.1, 0.15) is 0 Å². The number of nitrogens with zero attached hydrogens (tertiary/aromatic N) is 1. The van der Waals surface area contributed by atoms with Crippen molar-refractivity contribution in [2.24, 2.45) is 0 Å². The van der Waals surface area contributed by atoms with Gasteiger partial charge in [-0.2, -0.15) is 0 Å². The second kappa shape index (κ2) is 6.39. The van der Waals surface area contributed by atoms with Crippen LogP contribution in [-0.2, 0) is 0 Å². The van der Waals surface area contributed by atoms with E-state index in [9.17, 15) is 4.79 Å². The summed E-state index contributed by atoms with van der Waals surface area (Å²) in [6, 6.07) is 5.47. The van der Waals surface area contributed by atoms with Gasteiger partial charge in [0.15, 0.2) is 0 Å². The number of carbonyl (C=O) groups is 1. The summed E-state index contributed by atoms with van der Waals surface area (Å²) >= 11 is 3.34. The standard InChI is InChI=1S/C14H19BrN2O2/c15-10-4-5-12(13(16)9-10)14(19)17-7-2-1-3-11(17)6-8-18/h4-5,9,11,18H,1-3,6-8,16H2. The first-order valence-electron chi connectivity index (χ1n) is 6.60. The molecule has 1 unspecified atom stereocenters. The molecule has 1 fully saturated rings. The largest absolute Gasteiger partial charge is 0.398 e. The van der Waals surface area contributed by atoms with Crippen LogP contribution in [0, 0.1) is 0 Å². The lowest BCUT2D eigenvalue weighted by atomic mass is 9.98. The number of carbonyl (C=O) groups excluding carboxylic acids is 1. The van der Waals surface area contributed by atoms with Crippen molar-refractivity contribution in [1.29, 1.82) is 0 Å². The molecule has 1 aliphatic rings. The number of hydrogen-bond acceptors (Lipinski definition) is 3. The summed E-state index contributed by atoms with van der Waals surface area (Å²) in [6.45, 7) is 0.864. The van der Waals surface area contributed by atoms with Gasteiger partial charge in [-0.1, -0.05) is 15.9 Å². The predicted molar refractivity (Wildman–Crippen MR) is 78.9 cm³/mol. The van der Waals surface area contributed by atoms with E-state index in [-0.39, 0.29) is 18.6 Å². The number of nitrogen functional groups attached to an aromatic ring is 1. The van der Waals surface area contributed by atoms with E-state index >= 15 is 0 Å². The SMILES string of the molecule is Nc1cc(Br)ccc1C(=O)N1CCCCC1CCO. The molecular weight excluding hydrogens is 308 g/mol. The van der Waals surface area contributed by atoms with Gasteiger partial charge < -0.3 is 15.7 Å². The number of aliphatic hydroxyl groups excluding tert-OH is 1. The fraction of sp³-hybridized carbons (Fsp3) is 0.500. The number of piperidine rings is 1. The predicted octanol–water partition coefficient (Wildman–Crippen LogP) is 2.41. The summed E-state index contributed by atoms with van der Waals surface area (Å²) in [6.07, 6.45) is 3.74. The lowest BCUT2D eigenvalue weighted by molar-refractivity contribution is 0.0575. The third-order valence-corrected chi connectivity index (χ3v) is 4.09. The number of rotatable bonds is 3. The van der Waals surface area contributed by atoms with E-state index in [1.807, 2.05) is 11.0 Å². The highest BCUT2D eigenvalue weighted by atomic mass is 79.9. The molecular formula is C14H19BrN2O2. The molecule has 1 aromatic rings. The molecule has 0 bridgehead atoms. The van der Waals surface area contributed by atoms with Crippen LogP contribution in [0.2, 0.25) is 0 Å². The van der Waals surface area contributed by atoms with Crippen molar-refractivity contribution in [1.82, 2.24) is 4.90 Å². The zero-order valence-electron chi connectivity index (χ0n) is 10.8. The van der Waals surface area contributed by atoms with Crippen molar-refractivity contribution in [3.05, 3.63) is 28.2 Å². The van der Waals surface area contributed by atoms with Gasteiger partial charge >= 0.3 is 0 Å². The molecule has 19 heavy (non-hydrogen) atoms. The Morgan fingerprint density at radius 2 is 2.26 bits per heavy atom. The monoisotopic (exact) mass is 326 g/mol. The molecule has 1 amide bonds. The highest BCUT2D eigenvalue weighted by molar-refractivity contribution is 9.10.